The van der Waals surface area contributed by atoms with Crippen molar-refractivity contribution < 1.29 is 0 Å². The predicted molar refractivity (Wildman–Crippen MR) is 53.4 cm³/mol. The van der Waals surface area contributed by atoms with Crippen LogP contribution >= 0.6 is 27.5 Å². The van der Waals surface area contributed by atoms with Crippen molar-refractivity contribution in [3.63, 3.8) is 0 Å². The summed E-state index contributed by atoms with van der Waals surface area (Å²) in [6, 6.07) is 5.02. The third kappa shape index (κ3) is 2.22. The van der Waals surface area contributed by atoms with Gasteiger partial charge < -0.3 is 0 Å². The third-order valence-corrected chi connectivity index (χ3v) is 2.24. The molecule has 1 rings (SSSR count). The van der Waals surface area contributed by atoms with Crippen LogP contribution in [0.2, 0.25) is 0 Å². The van der Waals surface area contributed by atoms with Crippen molar-refractivity contribution in [2.75, 3.05) is 0 Å². The summed E-state index contributed by atoms with van der Waals surface area (Å²) in [6.45, 7) is 0.490. The van der Waals surface area contributed by atoms with Crippen molar-refractivity contribution in [3.8, 4) is 0 Å². The summed E-state index contributed by atoms with van der Waals surface area (Å²) in [5.74, 6) is 0. The highest BCUT2D eigenvalue weighted by atomic mass is 79.9. The Bertz CT molecular complexity index is 345. The van der Waals surface area contributed by atoms with Crippen LogP contribution in [0.5, 0.6) is 0 Å². The number of aromatic nitrogens is 1. The van der Waals surface area contributed by atoms with E-state index < -0.39 is 0 Å². The highest BCUT2D eigenvalue weighted by molar-refractivity contribution is 9.10. The SMILES string of the molecule is O=c1cccc(Br)n1C/C=C/Cl. The van der Waals surface area contributed by atoms with E-state index in [4.69, 9.17) is 11.6 Å². The van der Waals surface area contributed by atoms with Crippen LogP contribution in [0.25, 0.3) is 0 Å². The second-order valence-electron chi connectivity index (χ2n) is 2.16. The summed E-state index contributed by atoms with van der Waals surface area (Å²) in [7, 11) is 0. The monoisotopic (exact) mass is 247 g/mol. The average Bonchev–Trinajstić information content (AvgIpc) is 2.04. The zero-order chi connectivity index (χ0) is 8.97. The van der Waals surface area contributed by atoms with E-state index in [1.807, 2.05) is 6.07 Å². The van der Waals surface area contributed by atoms with Gasteiger partial charge in [-0.2, -0.15) is 0 Å². The van der Waals surface area contributed by atoms with E-state index in [0.29, 0.717) is 6.54 Å². The lowest BCUT2D eigenvalue weighted by Crippen LogP contribution is -2.18. The molecule has 0 bridgehead atoms. The minimum Gasteiger partial charge on any atom is -0.299 e. The Kier molecular flexibility index (Phi) is 3.56. The second-order valence-corrected chi connectivity index (χ2v) is 3.22. The first kappa shape index (κ1) is 9.55. The lowest BCUT2D eigenvalue weighted by Gasteiger charge is -2.02. The molecule has 64 valence electrons. The van der Waals surface area contributed by atoms with Crippen LogP contribution in [0, 0.1) is 0 Å². The standard InChI is InChI=1S/C8H7BrClNO/c9-7-3-1-4-8(12)11(7)6-2-5-10/h1-5H,6H2/b5-2+. The van der Waals surface area contributed by atoms with Crippen molar-refractivity contribution in [1.29, 1.82) is 0 Å². The van der Waals surface area contributed by atoms with Gasteiger partial charge in [0.15, 0.2) is 0 Å². The molecule has 0 N–H and O–H groups in total. The molecule has 0 radical (unpaired) electrons. The van der Waals surface area contributed by atoms with Crippen LogP contribution in [-0.4, -0.2) is 4.57 Å². The first-order valence-corrected chi connectivity index (χ1v) is 4.59. The van der Waals surface area contributed by atoms with E-state index in [9.17, 15) is 4.79 Å². The zero-order valence-corrected chi connectivity index (χ0v) is 8.55. The number of halogens is 2. The highest BCUT2D eigenvalue weighted by Gasteiger charge is 1.96. The molecule has 1 aromatic heterocycles. The summed E-state index contributed by atoms with van der Waals surface area (Å²) in [4.78, 5) is 11.2. The molecule has 0 saturated carbocycles. The predicted octanol–water partition coefficient (Wildman–Crippen LogP) is 2.36. The fraction of sp³-hybridized carbons (Fsp3) is 0.125. The van der Waals surface area contributed by atoms with E-state index in [-0.39, 0.29) is 5.56 Å². The molecule has 1 heterocycles. The smallest absolute Gasteiger partial charge is 0.251 e. The van der Waals surface area contributed by atoms with Crippen LogP contribution < -0.4 is 5.56 Å². The van der Waals surface area contributed by atoms with Gasteiger partial charge in [0.2, 0.25) is 0 Å². The summed E-state index contributed by atoms with van der Waals surface area (Å²) in [6.07, 6.45) is 1.70. The summed E-state index contributed by atoms with van der Waals surface area (Å²) < 4.78 is 2.32. The molecular weight excluding hydrogens is 241 g/mol. The molecule has 2 nitrogen and oxygen atoms in total. The number of hydrogen-bond acceptors (Lipinski definition) is 1. The number of nitrogens with zero attached hydrogens (tertiary/aromatic N) is 1. The van der Waals surface area contributed by atoms with E-state index in [0.717, 1.165) is 4.60 Å². The number of hydrogen-bond donors (Lipinski definition) is 0. The fourth-order valence-corrected chi connectivity index (χ4v) is 1.37. The molecule has 0 atom stereocenters. The average molecular weight is 249 g/mol. The topological polar surface area (TPSA) is 22.0 Å². The Morgan fingerprint density at radius 1 is 1.58 bits per heavy atom. The number of rotatable bonds is 2. The van der Waals surface area contributed by atoms with E-state index >= 15 is 0 Å². The van der Waals surface area contributed by atoms with Gasteiger partial charge in [-0.15, -0.1) is 0 Å². The molecule has 0 aliphatic heterocycles. The van der Waals surface area contributed by atoms with Gasteiger partial charge in [-0.1, -0.05) is 23.7 Å². The molecule has 0 aliphatic rings. The molecule has 0 saturated heterocycles. The van der Waals surface area contributed by atoms with Gasteiger partial charge in [0, 0.05) is 18.1 Å². The first-order chi connectivity index (χ1) is 5.75. The summed E-state index contributed by atoms with van der Waals surface area (Å²) in [5.41, 5.74) is 1.35. The van der Waals surface area contributed by atoms with Crippen molar-refractivity contribution in [3.05, 3.63) is 44.8 Å². The van der Waals surface area contributed by atoms with Gasteiger partial charge in [0.25, 0.3) is 5.56 Å². The summed E-state index contributed by atoms with van der Waals surface area (Å²) in [5, 5.41) is 0. The zero-order valence-electron chi connectivity index (χ0n) is 6.21. The Hall–Kier alpha value is -0.540. The fourth-order valence-electron chi connectivity index (χ4n) is 0.817. The lowest BCUT2D eigenvalue weighted by molar-refractivity contribution is 0.759. The first-order valence-electron chi connectivity index (χ1n) is 3.36. The van der Waals surface area contributed by atoms with Crippen molar-refractivity contribution in [2.24, 2.45) is 0 Å². The van der Waals surface area contributed by atoms with Crippen molar-refractivity contribution >= 4 is 27.5 Å². The maximum Gasteiger partial charge on any atom is 0.251 e. The minimum atomic E-state index is -0.0425. The normalized spacial score (nSPS) is 10.8. The molecule has 0 amide bonds. The highest BCUT2D eigenvalue weighted by Crippen LogP contribution is 2.05. The largest absolute Gasteiger partial charge is 0.299 e. The van der Waals surface area contributed by atoms with E-state index in [1.165, 1.54) is 11.6 Å². The van der Waals surface area contributed by atoms with E-state index in [2.05, 4.69) is 15.9 Å². The minimum absolute atomic E-state index is 0.0425. The molecule has 1 aromatic rings. The molecular formula is C8H7BrClNO. The Morgan fingerprint density at radius 2 is 2.33 bits per heavy atom. The van der Waals surface area contributed by atoms with Crippen LogP contribution in [-0.2, 0) is 6.54 Å². The van der Waals surface area contributed by atoms with Gasteiger partial charge in [-0.05, 0) is 22.0 Å². The molecule has 0 aliphatic carbocycles. The molecule has 0 unspecified atom stereocenters. The Morgan fingerprint density at radius 3 is 2.92 bits per heavy atom. The van der Waals surface area contributed by atoms with Gasteiger partial charge in [-0.25, -0.2) is 0 Å². The molecule has 12 heavy (non-hydrogen) atoms. The van der Waals surface area contributed by atoms with Crippen LogP contribution in [0.4, 0.5) is 0 Å². The van der Waals surface area contributed by atoms with Gasteiger partial charge >= 0.3 is 0 Å². The number of allylic oxidation sites excluding steroid dienone is 1. The lowest BCUT2D eigenvalue weighted by atomic mass is 10.4. The van der Waals surface area contributed by atoms with Crippen molar-refractivity contribution in [2.45, 2.75) is 6.54 Å². The third-order valence-electron chi connectivity index (χ3n) is 1.37. The van der Waals surface area contributed by atoms with Crippen LogP contribution in [0.3, 0.4) is 0 Å². The van der Waals surface area contributed by atoms with Crippen LogP contribution in [0.1, 0.15) is 0 Å². The van der Waals surface area contributed by atoms with Crippen molar-refractivity contribution in [1.82, 2.24) is 4.57 Å². The van der Waals surface area contributed by atoms with Gasteiger partial charge in [-0.3, -0.25) is 9.36 Å². The Balaban J connectivity index is 3.04. The molecule has 4 heteroatoms. The summed E-state index contributed by atoms with van der Waals surface area (Å²) >= 11 is 8.61. The number of pyridine rings is 1. The molecule has 0 aromatic carbocycles. The maximum atomic E-state index is 11.2. The maximum absolute atomic E-state index is 11.2. The molecule has 0 spiro atoms. The van der Waals surface area contributed by atoms with Crippen LogP contribution in [0.15, 0.2) is 39.2 Å². The van der Waals surface area contributed by atoms with Gasteiger partial charge in [0.1, 0.15) is 0 Å². The quantitative estimate of drug-likeness (QED) is 0.737. The van der Waals surface area contributed by atoms with Gasteiger partial charge in [0.05, 0.1) is 4.60 Å². The second kappa shape index (κ2) is 4.48. The molecule has 0 fully saturated rings. The Labute approximate surface area is 83.6 Å². The van der Waals surface area contributed by atoms with E-state index in [1.54, 1.807) is 16.7 Å².